The van der Waals surface area contributed by atoms with Crippen molar-refractivity contribution in [3.05, 3.63) is 44.0 Å². The molecule has 0 saturated carbocycles. The Morgan fingerprint density at radius 2 is 1.57 bits per heavy atom. The average Bonchev–Trinajstić information content (AvgIpc) is 3.28. The van der Waals surface area contributed by atoms with Crippen LogP contribution in [0.25, 0.3) is 11.0 Å². The summed E-state index contributed by atoms with van der Waals surface area (Å²) in [5.41, 5.74) is 1.32. The molecular formula is C25H34N2O8. The molecule has 3 heterocycles. The molecule has 0 spiro atoms. The van der Waals surface area contributed by atoms with Crippen molar-refractivity contribution in [2.24, 2.45) is 0 Å². The maximum absolute atomic E-state index is 13.3. The minimum atomic E-state index is -0.907. The average molecular weight is 491 g/mol. The van der Waals surface area contributed by atoms with E-state index < -0.39 is 47.0 Å². The summed E-state index contributed by atoms with van der Waals surface area (Å²) in [5, 5.41) is 0. The monoisotopic (exact) mass is 490 g/mol. The summed E-state index contributed by atoms with van der Waals surface area (Å²) in [4.78, 5) is 38.7. The van der Waals surface area contributed by atoms with Crippen LogP contribution in [0.1, 0.15) is 45.7 Å². The highest BCUT2D eigenvalue weighted by Crippen LogP contribution is 2.36. The van der Waals surface area contributed by atoms with Crippen LogP contribution in [0.3, 0.4) is 0 Å². The van der Waals surface area contributed by atoms with Gasteiger partial charge in [-0.1, -0.05) is 0 Å². The number of carbonyl (C=O) groups excluding carboxylic acids is 1. The number of aryl methyl sites for hydroxylation is 2. The van der Waals surface area contributed by atoms with Gasteiger partial charge in [0.05, 0.1) is 30.8 Å². The van der Waals surface area contributed by atoms with E-state index in [0.717, 1.165) is 11.1 Å². The molecule has 35 heavy (non-hydrogen) atoms. The minimum absolute atomic E-state index is 0.0711. The van der Waals surface area contributed by atoms with Crippen LogP contribution in [0, 0.1) is 13.8 Å². The van der Waals surface area contributed by atoms with Gasteiger partial charge in [0.15, 0.2) is 11.6 Å². The van der Waals surface area contributed by atoms with Crippen LogP contribution in [0.15, 0.2) is 21.7 Å². The van der Waals surface area contributed by atoms with Gasteiger partial charge in [-0.05, 0) is 71.7 Å². The molecule has 2 aromatic rings. The lowest BCUT2D eigenvalue weighted by molar-refractivity contribution is -0.174. The van der Waals surface area contributed by atoms with E-state index in [2.05, 4.69) is 0 Å². The fourth-order valence-electron chi connectivity index (χ4n) is 4.72. The van der Waals surface area contributed by atoms with Crippen LogP contribution in [-0.4, -0.2) is 58.2 Å². The first-order valence-corrected chi connectivity index (χ1v) is 11.9. The molecule has 0 amide bonds. The topological polar surface area (TPSA) is 107 Å². The summed E-state index contributed by atoms with van der Waals surface area (Å²) in [6.45, 7) is 13.0. The molecule has 1 aromatic carbocycles. The molecule has 2 saturated heterocycles. The first-order valence-electron chi connectivity index (χ1n) is 11.9. The van der Waals surface area contributed by atoms with E-state index in [9.17, 15) is 14.4 Å². The zero-order valence-corrected chi connectivity index (χ0v) is 21.4. The SMILES string of the molecule is CCOC(=O)Cn1c(=O)c(=O)n(C[C@@H]2OC(C)(C)O[C@@H]2[C@H]2COC(C)(C)O2)c2cc(C)c(C)cc21. The second kappa shape index (κ2) is 9.16. The second-order valence-electron chi connectivity index (χ2n) is 10.0. The third kappa shape index (κ3) is 5.06. The lowest BCUT2D eigenvalue weighted by Gasteiger charge is -2.25. The van der Waals surface area contributed by atoms with Crippen molar-refractivity contribution in [2.45, 2.75) is 91.4 Å². The Morgan fingerprint density at radius 1 is 0.971 bits per heavy atom. The van der Waals surface area contributed by atoms with Crippen molar-refractivity contribution in [1.82, 2.24) is 9.13 Å². The molecule has 1 aromatic heterocycles. The molecule has 0 radical (unpaired) electrons. The van der Waals surface area contributed by atoms with Crippen LogP contribution in [0.5, 0.6) is 0 Å². The van der Waals surface area contributed by atoms with Crippen LogP contribution in [0.2, 0.25) is 0 Å². The summed E-state index contributed by atoms with van der Waals surface area (Å²) < 4.78 is 31.7. The summed E-state index contributed by atoms with van der Waals surface area (Å²) in [6, 6.07) is 3.66. The van der Waals surface area contributed by atoms with Crippen molar-refractivity contribution >= 4 is 17.0 Å². The Morgan fingerprint density at radius 3 is 2.14 bits per heavy atom. The van der Waals surface area contributed by atoms with E-state index in [1.165, 1.54) is 9.13 Å². The van der Waals surface area contributed by atoms with Gasteiger partial charge in [-0.2, -0.15) is 0 Å². The smallest absolute Gasteiger partial charge is 0.326 e. The number of nitrogens with zero attached hydrogens (tertiary/aromatic N) is 2. The van der Waals surface area contributed by atoms with Crippen molar-refractivity contribution in [2.75, 3.05) is 13.2 Å². The fraction of sp³-hybridized carbons (Fsp3) is 0.640. The predicted molar refractivity (Wildman–Crippen MR) is 127 cm³/mol. The molecule has 0 N–H and O–H groups in total. The van der Waals surface area contributed by atoms with Gasteiger partial charge in [-0.25, -0.2) is 0 Å². The fourth-order valence-corrected chi connectivity index (χ4v) is 4.72. The number of carbonyl (C=O) groups is 1. The van der Waals surface area contributed by atoms with Gasteiger partial charge in [0.2, 0.25) is 0 Å². The molecular weight excluding hydrogens is 456 g/mol. The van der Waals surface area contributed by atoms with E-state index in [1.807, 2.05) is 39.8 Å². The largest absolute Gasteiger partial charge is 0.465 e. The van der Waals surface area contributed by atoms with Gasteiger partial charge >= 0.3 is 17.1 Å². The highest BCUT2D eigenvalue weighted by molar-refractivity contribution is 5.79. The van der Waals surface area contributed by atoms with Crippen LogP contribution in [0.4, 0.5) is 0 Å². The Kier molecular flexibility index (Phi) is 6.69. The number of benzene rings is 1. The van der Waals surface area contributed by atoms with E-state index in [1.54, 1.807) is 20.8 Å². The lowest BCUT2D eigenvalue weighted by atomic mass is 10.1. The molecule has 2 aliphatic heterocycles. The van der Waals surface area contributed by atoms with Crippen LogP contribution >= 0.6 is 0 Å². The van der Waals surface area contributed by atoms with E-state index in [-0.39, 0.29) is 19.7 Å². The van der Waals surface area contributed by atoms with Crippen molar-refractivity contribution in [3.8, 4) is 0 Å². The van der Waals surface area contributed by atoms with Gasteiger partial charge < -0.3 is 23.7 Å². The van der Waals surface area contributed by atoms with Gasteiger partial charge in [-0.3, -0.25) is 23.5 Å². The van der Waals surface area contributed by atoms with E-state index >= 15 is 0 Å². The Hall–Kier alpha value is -2.53. The molecule has 3 atom stereocenters. The molecule has 2 fully saturated rings. The summed E-state index contributed by atoms with van der Waals surface area (Å²) in [5.74, 6) is -2.24. The number of fused-ring (bicyclic) bond motifs is 1. The second-order valence-corrected chi connectivity index (χ2v) is 10.0. The summed E-state index contributed by atoms with van der Waals surface area (Å²) in [7, 11) is 0. The summed E-state index contributed by atoms with van der Waals surface area (Å²) in [6.07, 6.45) is -1.48. The van der Waals surface area contributed by atoms with Crippen molar-refractivity contribution in [1.29, 1.82) is 0 Å². The number of aromatic nitrogens is 2. The van der Waals surface area contributed by atoms with Gasteiger partial charge in [0.25, 0.3) is 0 Å². The predicted octanol–water partition coefficient (Wildman–Crippen LogP) is 2.01. The zero-order chi connectivity index (χ0) is 25.7. The Bertz CT molecular complexity index is 1260. The third-order valence-electron chi connectivity index (χ3n) is 6.42. The molecule has 10 nitrogen and oxygen atoms in total. The maximum atomic E-state index is 13.3. The van der Waals surface area contributed by atoms with Crippen molar-refractivity contribution in [3.63, 3.8) is 0 Å². The van der Waals surface area contributed by atoms with Gasteiger partial charge in [-0.15, -0.1) is 0 Å². The minimum Gasteiger partial charge on any atom is -0.465 e. The van der Waals surface area contributed by atoms with E-state index in [0.29, 0.717) is 17.6 Å². The number of esters is 1. The number of rotatable bonds is 6. The third-order valence-corrected chi connectivity index (χ3v) is 6.42. The van der Waals surface area contributed by atoms with E-state index in [4.69, 9.17) is 23.7 Å². The molecule has 4 rings (SSSR count). The quantitative estimate of drug-likeness (QED) is 0.447. The Balaban J connectivity index is 1.79. The molecule has 0 bridgehead atoms. The van der Waals surface area contributed by atoms with Crippen LogP contribution in [-0.2, 0) is 41.6 Å². The highest BCUT2D eigenvalue weighted by Gasteiger charge is 2.50. The molecule has 10 heteroatoms. The lowest BCUT2D eigenvalue weighted by Crippen LogP contribution is -2.46. The molecule has 0 aliphatic carbocycles. The molecule has 192 valence electrons. The normalized spacial score (nSPS) is 25.3. The zero-order valence-electron chi connectivity index (χ0n) is 21.4. The van der Waals surface area contributed by atoms with Crippen molar-refractivity contribution < 1.29 is 28.5 Å². The standard InChI is InChI=1S/C25H34N2O8/c1-8-31-20(28)12-27-17-10-15(3)14(2)9-16(17)26(22(29)23(27)30)11-18-21(35-25(6,7)33-18)19-13-32-24(4,5)34-19/h9-10,18-19,21H,8,11-13H2,1-7H3/t18-,19+,21-/m0/s1. The summed E-state index contributed by atoms with van der Waals surface area (Å²) >= 11 is 0. The molecule has 2 aliphatic rings. The van der Waals surface area contributed by atoms with Crippen LogP contribution < -0.4 is 11.1 Å². The van der Waals surface area contributed by atoms with Gasteiger partial charge in [0.1, 0.15) is 24.9 Å². The highest BCUT2D eigenvalue weighted by atomic mass is 16.8. The number of hydrogen-bond donors (Lipinski definition) is 0. The Labute approximate surface area is 203 Å². The number of hydrogen-bond acceptors (Lipinski definition) is 8. The molecule has 0 unspecified atom stereocenters. The van der Waals surface area contributed by atoms with Gasteiger partial charge in [0, 0.05) is 0 Å². The maximum Gasteiger partial charge on any atom is 0.326 e. The number of ether oxygens (including phenoxy) is 5. The first-order chi connectivity index (χ1) is 16.3. The first kappa shape index (κ1) is 25.6.